The fraction of sp³-hybridized carbons (Fsp3) is 0.880. The molecule has 0 spiro atoms. The molecule has 4 fully saturated rings. The van der Waals surface area contributed by atoms with E-state index in [2.05, 4.69) is 0 Å². The molecule has 32 heavy (non-hydrogen) atoms. The van der Waals surface area contributed by atoms with Crippen molar-refractivity contribution in [2.75, 3.05) is 6.61 Å². The molecule has 0 aromatic heterocycles. The molecule has 3 aliphatic carbocycles. The van der Waals surface area contributed by atoms with Gasteiger partial charge >= 0.3 is 17.9 Å². The summed E-state index contributed by atoms with van der Waals surface area (Å²) in [6.45, 7) is 7.90. The van der Waals surface area contributed by atoms with E-state index < -0.39 is 41.3 Å². The Bertz CT molecular complexity index is 741. The highest BCUT2D eigenvalue weighted by Crippen LogP contribution is 2.63. The molecule has 7 nitrogen and oxygen atoms in total. The summed E-state index contributed by atoms with van der Waals surface area (Å²) in [6.07, 6.45) is 7.23. The maximum atomic E-state index is 13.1. The van der Waals surface area contributed by atoms with Crippen LogP contribution in [-0.4, -0.2) is 43.0 Å². The van der Waals surface area contributed by atoms with E-state index in [1.807, 2.05) is 20.8 Å². The van der Waals surface area contributed by atoms with Crippen molar-refractivity contribution in [3.63, 3.8) is 0 Å². The van der Waals surface area contributed by atoms with Crippen molar-refractivity contribution in [3.05, 3.63) is 0 Å². The number of ether oxygens (including phenoxy) is 4. The van der Waals surface area contributed by atoms with Crippen LogP contribution in [0.25, 0.3) is 0 Å². The number of hydrogen-bond donors (Lipinski definition) is 0. The van der Waals surface area contributed by atoms with E-state index >= 15 is 0 Å². The molecule has 0 N–H and O–H groups in total. The van der Waals surface area contributed by atoms with E-state index in [9.17, 15) is 14.4 Å². The molecule has 4 rings (SSSR count). The van der Waals surface area contributed by atoms with Gasteiger partial charge in [0.1, 0.15) is 12.2 Å². The Balaban J connectivity index is 1.32. The van der Waals surface area contributed by atoms with Crippen LogP contribution in [0, 0.1) is 28.6 Å². The molecule has 1 saturated heterocycles. The average molecular weight is 451 g/mol. The Morgan fingerprint density at radius 1 is 1.22 bits per heavy atom. The largest absolute Gasteiger partial charge is 0.458 e. The molecule has 0 aromatic rings. The summed E-state index contributed by atoms with van der Waals surface area (Å²) in [5.41, 5.74) is -1.87. The van der Waals surface area contributed by atoms with Gasteiger partial charge in [-0.05, 0) is 52.4 Å². The number of carbonyl (C=O) groups excluding carboxylic acids is 3. The Morgan fingerprint density at radius 3 is 2.62 bits per heavy atom. The van der Waals surface area contributed by atoms with E-state index in [0.29, 0.717) is 31.8 Å². The second kappa shape index (κ2) is 8.96. The van der Waals surface area contributed by atoms with Crippen LogP contribution >= 0.6 is 0 Å². The quantitative estimate of drug-likeness (QED) is 0.225. The highest BCUT2D eigenvalue weighted by Gasteiger charge is 2.75. The number of fused-ring (bicyclic) bond motifs is 1. The smallest absolute Gasteiger partial charge is 0.326 e. The van der Waals surface area contributed by atoms with Crippen LogP contribution in [-0.2, 0) is 33.3 Å². The summed E-state index contributed by atoms with van der Waals surface area (Å²) >= 11 is 0. The molecule has 0 amide bonds. The molecule has 1 aliphatic heterocycles. The number of rotatable bonds is 9. The Kier molecular flexibility index (Phi) is 6.59. The molecule has 6 unspecified atom stereocenters. The second-order valence-electron chi connectivity index (χ2n) is 10.9. The molecule has 180 valence electrons. The van der Waals surface area contributed by atoms with Gasteiger partial charge in [-0.25, -0.2) is 0 Å². The summed E-state index contributed by atoms with van der Waals surface area (Å²) < 4.78 is 22.7. The van der Waals surface area contributed by atoms with Gasteiger partial charge in [-0.2, -0.15) is 0 Å². The highest BCUT2D eigenvalue weighted by atomic mass is 16.7. The van der Waals surface area contributed by atoms with E-state index in [4.69, 9.17) is 18.9 Å². The first-order valence-corrected chi connectivity index (χ1v) is 12.4. The lowest BCUT2D eigenvalue weighted by Gasteiger charge is -2.32. The van der Waals surface area contributed by atoms with Crippen molar-refractivity contribution in [3.8, 4) is 0 Å². The number of hydrogen-bond acceptors (Lipinski definition) is 7. The van der Waals surface area contributed by atoms with E-state index in [0.717, 1.165) is 6.42 Å². The van der Waals surface area contributed by atoms with Crippen molar-refractivity contribution in [2.24, 2.45) is 28.6 Å². The van der Waals surface area contributed by atoms with Crippen molar-refractivity contribution < 1.29 is 33.3 Å². The van der Waals surface area contributed by atoms with Gasteiger partial charge in [0, 0.05) is 11.8 Å². The van der Waals surface area contributed by atoms with E-state index in [-0.39, 0.29) is 17.8 Å². The summed E-state index contributed by atoms with van der Waals surface area (Å²) in [5.74, 6) is -1.05. The third kappa shape index (κ3) is 4.06. The van der Waals surface area contributed by atoms with Gasteiger partial charge in [-0.1, -0.05) is 39.0 Å². The fourth-order valence-electron chi connectivity index (χ4n) is 6.03. The van der Waals surface area contributed by atoms with Crippen molar-refractivity contribution in [1.29, 1.82) is 0 Å². The fourth-order valence-corrected chi connectivity index (χ4v) is 6.03. The SMILES string of the molecule is CCC(C)(C)C(=O)OC1C2CC3C1OC(=O)C3(C(=O)OC(C)OCCC1CCCCC1)C2. The summed E-state index contributed by atoms with van der Waals surface area (Å²) in [4.78, 5) is 38.6. The van der Waals surface area contributed by atoms with Gasteiger partial charge in [-0.3, -0.25) is 14.4 Å². The van der Waals surface area contributed by atoms with Crippen molar-refractivity contribution in [2.45, 2.75) is 104 Å². The third-order valence-electron chi connectivity index (χ3n) is 8.49. The van der Waals surface area contributed by atoms with Gasteiger partial charge in [0.25, 0.3) is 0 Å². The first-order valence-electron chi connectivity index (χ1n) is 12.4. The molecule has 6 atom stereocenters. The van der Waals surface area contributed by atoms with Crippen LogP contribution in [0.3, 0.4) is 0 Å². The van der Waals surface area contributed by atoms with Gasteiger partial charge in [0.05, 0.1) is 12.0 Å². The Labute approximate surface area is 190 Å². The molecular weight excluding hydrogens is 412 g/mol. The average Bonchev–Trinajstić information content (AvgIpc) is 3.37. The maximum absolute atomic E-state index is 13.1. The number of carbonyl (C=O) groups is 3. The summed E-state index contributed by atoms with van der Waals surface area (Å²) in [7, 11) is 0. The van der Waals surface area contributed by atoms with E-state index in [1.54, 1.807) is 6.92 Å². The second-order valence-corrected chi connectivity index (χ2v) is 10.9. The van der Waals surface area contributed by atoms with Crippen LogP contribution < -0.4 is 0 Å². The lowest BCUT2D eigenvalue weighted by atomic mass is 9.73. The van der Waals surface area contributed by atoms with Gasteiger partial charge < -0.3 is 18.9 Å². The van der Waals surface area contributed by atoms with Crippen molar-refractivity contribution >= 4 is 17.9 Å². The van der Waals surface area contributed by atoms with E-state index in [1.165, 1.54) is 32.1 Å². The predicted molar refractivity (Wildman–Crippen MR) is 115 cm³/mol. The molecular formula is C25H38O7. The maximum Gasteiger partial charge on any atom is 0.326 e. The monoisotopic (exact) mass is 450 g/mol. The first kappa shape index (κ1) is 23.5. The van der Waals surface area contributed by atoms with Gasteiger partial charge in [0.2, 0.25) is 0 Å². The van der Waals surface area contributed by atoms with Crippen LogP contribution in [0.15, 0.2) is 0 Å². The zero-order valence-corrected chi connectivity index (χ0v) is 19.9. The lowest BCUT2D eigenvalue weighted by Crippen LogP contribution is -2.47. The minimum absolute atomic E-state index is 0.0665. The lowest BCUT2D eigenvalue weighted by molar-refractivity contribution is -0.190. The van der Waals surface area contributed by atoms with Gasteiger partial charge in [0.15, 0.2) is 11.7 Å². The first-order chi connectivity index (χ1) is 15.2. The zero-order valence-electron chi connectivity index (χ0n) is 19.9. The normalized spacial score (nSPS) is 34.9. The topological polar surface area (TPSA) is 88.1 Å². The van der Waals surface area contributed by atoms with Crippen LogP contribution in [0.4, 0.5) is 0 Å². The molecule has 0 aromatic carbocycles. The van der Waals surface area contributed by atoms with Gasteiger partial charge in [-0.15, -0.1) is 0 Å². The highest BCUT2D eigenvalue weighted by molar-refractivity contribution is 6.03. The number of esters is 3. The minimum Gasteiger partial charge on any atom is -0.458 e. The molecule has 2 bridgehead atoms. The summed E-state index contributed by atoms with van der Waals surface area (Å²) in [6, 6.07) is 0. The Morgan fingerprint density at radius 2 is 1.94 bits per heavy atom. The summed E-state index contributed by atoms with van der Waals surface area (Å²) in [5, 5.41) is 0. The van der Waals surface area contributed by atoms with Crippen LogP contribution in [0.5, 0.6) is 0 Å². The van der Waals surface area contributed by atoms with Crippen molar-refractivity contribution in [1.82, 2.24) is 0 Å². The predicted octanol–water partition coefficient (Wildman–Crippen LogP) is 4.16. The minimum atomic E-state index is -1.28. The standard InChI is InChI=1S/C25H38O7/c1-5-24(3,4)21(26)31-19-17-13-18-20(19)32-23(28)25(18,14-17)22(27)30-15(2)29-12-11-16-9-7-6-8-10-16/h15-20H,5-14H2,1-4H3. The third-order valence-corrected chi connectivity index (χ3v) is 8.49. The van der Waals surface area contributed by atoms with Crippen LogP contribution in [0.1, 0.15) is 85.5 Å². The molecule has 4 aliphatic rings. The van der Waals surface area contributed by atoms with Crippen LogP contribution in [0.2, 0.25) is 0 Å². The Hall–Kier alpha value is -1.63. The molecule has 1 heterocycles. The zero-order chi connectivity index (χ0) is 23.1. The molecule has 3 saturated carbocycles. The molecule has 0 radical (unpaired) electrons. The molecule has 7 heteroatoms.